The molecule has 4 heteroatoms. The summed E-state index contributed by atoms with van der Waals surface area (Å²) in [6, 6.07) is 0. The van der Waals surface area contributed by atoms with Gasteiger partial charge in [-0.3, -0.25) is 0 Å². The molecular formula is C14H30O3Si. The largest absolute Gasteiger partial charge is 0.417 e. The minimum Gasteiger partial charge on any atom is -0.417 e. The summed E-state index contributed by atoms with van der Waals surface area (Å²) in [4.78, 5) is 0. The monoisotopic (exact) mass is 274 g/mol. The SMILES string of the molecule is CO[C@H](CCO[Si](C)(C)C(C)(C)C)/C(C)=C\CO. The molecule has 0 bridgehead atoms. The summed E-state index contributed by atoms with van der Waals surface area (Å²) in [5.41, 5.74) is 1.07. The number of rotatable bonds is 7. The van der Waals surface area contributed by atoms with Crippen LogP contribution in [0.3, 0.4) is 0 Å². The molecule has 0 radical (unpaired) electrons. The molecule has 0 aromatic carbocycles. The molecule has 0 aromatic rings. The van der Waals surface area contributed by atoms with Crippen molar-refractivity contribution in [2.45, 2.75) is 58.4 Å². The number of aliphatic hydroxyl groups is 1. The summed E-state index contributed by atoms with van der Waals surface area (Å²) in [6.07, 6.45) is 2.67. The van der Waals surface area contributed by atoms with Gasteiger partial charge in [-0.25, -0.2) is 0 Å². The molecule has 0 rings (SSSR count). The lowest BCUT2D eigenvalue weighted by Gasteiger charge is -2.36. The van der Waals surface area contributed by atoms with Crippen molar-refractivity contribution >= 4 is 8.32 Å². The Morgan fingerprint density at radius 2 is 1.89 bits per heavy atom. The average molecular weight is 274 g/mol. The minimum atomic E-state index is -1.66. The molecule has 0 aliphatic rings. The van der Waals surface area contributed by atoms with Crippen LogP contribution < -0.4 is 0 Å². The molecular weight excluding hydrogens is 244 g/mol. The number of methoxy groups -OCH3 is 1. The highest BCUT2D eigenvalue weighted by Crippen LogP contribution is 2.36. The summed E-state index contributed by atoms with van der Waals surface area (Å²) in [6.45, 7) is 14.0. The molecule has 0 aliphatic carbocycles. The van der Waals surface area contributed by atoms with Gasteiger partial charge < -0.3 is 14.3 Å². The fraction of sp³-hybridized carbons (Fsp3) is 0.857. The molecule has 0 saturated carbocycles. The van der Waals surface area contributed by atoms with E-state index in [1.54, 1.807) is 13.2 Å². The van der Waals surface area contributed by atoms with Crippen LogP contribution in [0.25, 0.3) is 0 Å². The molecule has 0 unspecified atom stereocenters. The summed E-state index contributed by atoms with van der Waals surface area (Å²) in [7, 11) is 0.0379. The summed E-state index contributed by atoms with van der Waals surface area (Å²) >= 11 is 0. The molecule has 0 saturated heterocycles. The topological polar surface area (TPSA) is 38.7 Å². The quantitative estimate of drug-likeness (QED) is 0.571. The zero-order chi connectivity index (χ0) is 14.4. The number of aliphatic hydroxyl groups excluding tert-OH is 1. The van der Waals surface area contributed by atoms with Crippen LogP contribution in [0.4, 0.5) is 0 Å². The predicted octanol–water partition coefficient (Wildman–Crippen LogP) is 3.35. The van der Waals surface area contributed by atoms with Gasteiger partial charge in [0, 0.05) is 13.7 Å². The maximum atomic E-state index is 8.89. The lowest BCUT2D eigenvalue weighted by molar-refractivity contribution is 0.105. The first-order chi connectivity index (χ1) is 8.15. The third-order valence-electron chi connectivity index (χ3n) is 3.85. The van der Waals surface area contributed by atoms with Crippen molar-refractivity contribution in [2.75, 3.05) is 20.3 Å². The Hall–Kier alpha value is -0.163. The second-order valence-corrected chi connectivity index (χ2v) is 11.1. The van der Waals surface area contributed by atoms with E-state index in [1.165, 1.54) is 0 Å². The average Bonchev–Trinajstić information content (AvgIpc) is 2.23. The number of ether oxygens (including phenoxy) is 1. The lowest BCUT2D eigenvalue weighted by atomic mass is 10.1. The first-order valence-electron chi connectivity index (χ1n) is 6.60. The molecule has 0 fully saturated rings. The van der Waals surface area contributed by atoms with E-state index in [9.17, 15) is 0 Å². The van der Waals surface area contributed by atoms with Gasteiger partial charge in [-0.05, 0) is 37.0 Å². The second-order valence-electron chi connectivity index (χ2n) is 6.25. The molecule has 1 atom stereocenters. The summed E-state index contributed by atoms with van der Waals surface area (Å²) < 4.78 is 11.5. The van der Waals surface area contributed by atoms with Gasteiger partial charge in [0.2, 0.25) is 0 Å². The zero-order valence-corrected chi connectivity index (χ0v) is 14.0. The Balaban J connectivity index is 4.29. The van der Waals surface area contributed by atoms with Crippen molar-refractivity contribution < 1.29 is 14.3 Å². The second kappa shape index (κ2) is 7.43. The number of hydrogen-bond donors (Lipinski definition) is 1. The van der Waals surface area contributed by atoms with Crippen molar-refractivity contribution in [2.24, 2.45) is 0 Å². The van der Waals surface area contributed by atoms with Crippen molar-refractivity contribution in [3.05, 3.63) is 11.6 Å². The van der Waals surface area contributed by atoms with Gasteiger partial charge in [-0.15, -0.1) is 0 Å². The van der Waals surface area contributed by atoms with Crippen LogP contribution in [0.1, 0.15) is 34.1 Å². The maximum absolute atomic E-state index is 8.89. The van der Waals surface area contributed by atoms with Crippen molar-refractivity contribution in [3.8, 4) is 0 Å². The van der Waals surface area contributed by atoms with E-state index in [2.05, 4.69) is 33.9 Å². The van der Waals surface area contributed by atoms with Crippen molar-refractivity contribution in [3.63, 3.8) is 0 Å². The molecule has 0 aliphatic heterocycles. The molecule has 108 valence electrons. The fourth-order valence-corrected chi connectivity index (χ4v) is 2.51. The van der Waals surface area contributed by atoms with Gasteiger partial charge in [-0.1, -0.05) is 26.8 Å². The number of hydrogen-bond acceptors (Lipinski definition) is 3. The first-order valence-corrected chi connectivity index (χ1v) is 9.51. The molecule has 0 heterocycles. The van der Waals surface area contributed by atoms with E-state index in [4.69, 9.17) is 14.3 Å². The van der Waals surface area contributed by atoms with Gasteiger partial charge in [0.05, 0.1) is 12.7 Å². The van der Waals surface area contributed by atoms with Gasteiger partial charge in [0.1, 0.15) is 0 Å². The molecule has 0 spiro atoms. The third kappa shape index (κ3) is 5.65. The highest BCUT2D eigenvalue weighted by molar-refractivity contribution is 6.74. The molecule has 0 amide bonds. The Kier molecular flexibility index (Phi) is 7.36. The van der Waals surface area contributed by atoms with E-state index >= 15 is 0 Å². The van der Waals surface area contributed by atoms with Gasteiger partial charge in [0.25, 0.3) is 0 Å². The van der Waals surface area contributed by atoms with E-state index < -0.39 is 8.32 Å². The van der Waals surface area contributed by atoms with Crippen molar-refractivity contribution in [1.29, 1.82) is 0 Å². The third-order valence-corrected chi connectivity index (χ3v) is 8.39. The highest BCUT2D eigenvalue weighted by atomic mass is 28.4. The summed E-state index contributed by atoms with van der Waals surface area (Å²) in [5.74, 6) is 0. The van der Waals surface area contributed by atoms with Gasteiger partial charge in [-0.2, -0.15) is 0 Å². The van der Waals surface area contributed by atoms with Crippen molar-refractivity contribution in [1.82, 2.24) is 0 Å². The van der Waals surface area contributed by atoms with Crippen LogP contribution in [0.5, 0.6) is 0 Å². The van der Waals surface area contributed by atoms with Crippen LogP contribution in [-0.4, -0.2) is 39.9 Å². The fourth-order valence-electron chi connectivity index (χ4n) is 1.44. The van der Waals surface area contributed by atoms with E-state index in [-0.39, 0.29) is 17.7 Å². The normalized spacial score (nSPS) is 15.9. The van der Waals surface area contributed by atoms with E-state index in [1.807, 2.05) is 6.92 Å². The molecule has 18 heavy (non-hydrogen) atoms. The van der Waals surface area contributed by atoms with E-state index in [0.29, 0.717) is 6.61 Å². The zero-order valence-electron chi connectivity index (χ0n) is 13.0. The minimum absolute atomic E-state index is 0.0434. The molecule has 1 N–H and O–H groups in total. The highest BCUT2D eigenvalue weighted by Gasteiger charge is 2.37. The maximum Gasteiger partial charge on any atom is 0.191 e. The van der Waals surface area contributed by atoms with Gasteiger partial charge in [0.15, 0.2) is 8.32 Å². The Bertz CT molecular complexity index is 267. The van der Waals surface area contributed by atoms with Gasteiger partial charge >= 0.3 is 0 Å². The summed E-state index contributed by atoms with van der Waals surface area (Å²) in [5, 5.41) is 9.13. The Morgan fingerprint density at radius 3 is 2.28 bits per heavy atom. The first kappa shape index (κ1) is 17.8. The van der Waals surface area contributed by atoms with Crippen LogP contribution >= 0.6 is 0 Å². The predicted molar refractivity (Wildman–Crippen MR) is 79.4 cm³/mol. The standard InChI is InChI=1S/C14H30O3Si/c1-12(8-10-15)13(16-5)9-11-17-18(6,7)14(2,3)4/h8,13,15H,9-11H2,1-7H3/b12-8-/t13-/m1/s1. The Morgan fingerprint density at radius 1 is 1.33 bits per heavy atom. The van der Waals surface area contributed by atoms with Crippen LogP contribution in [0.2, 0.25) is 18.1 Å². The van der Waals surface area contributed by atoms with Crippen LogP contribution in [-0.2, 0) is 9.16 Å². The smallest absolute Gasteiger partial charge is 0.191 e. The molecule has 3 nitrogen and oxygen atoms in total. The Labute approximate surface area is 113 Å². The lowest BCUT2D eigenvalue weighted by Crippen LogP contribution is -2.41. The van der Waals surface area contributed by atoms with Crippen LogP contribution in [0.15, 0.2) is 11.6 Å². The molecule has 0 aromatic heterocycles. The van der Waals surface area contributed by atoms with E-state index in [0.717, 1.165) is 12.0 Å². The van der Waals surface area contributed by atoms with Crippen LogP contribution in [0, 0.1) is 0 Å².